The van der Waals surface area contributed by atoms with Crippen molar-refractivity contribution >= 4 is 29.0 Å². The van der Waals surface area contributed by atoms with Crippen molar-refractivity contribution in [3.05, 3.63) is 23.8 Å². The summed E-state index contributed by atoms with van der Waals surface area (Å²) in [6.07, 6.45) is 2.55. The van der Waals surface area contributed by atoms with E-state index >= 15 is 0 Å². The molecule has 154 valence electrons. The van der Waals surface area contributed by atoms with E-state index in [1.165, 1.54) is 11.9 Å². The Balaban J connectivity index is 1.84. The molecule has 2 aromatic rings. The molecular weight excluding hydrogens is 370 g/mol. The molecule has 0 spiro atoms. The fourth-order valence-electron chi connectivity index (χ4n) is 3.15. The summed E-state index contributed by atoms with van der Waals surface area (Å²) in [4.78, 5) is 30.9. The lowest BCUT2D eigenvalue weighted by Gasteiger charge is -2.30. The number of likely N-dealkylation sites (N-methyl/N-ethyl adjacent to an activating group) is 1. The lowest BCUT2D eigenvalue weighted by Crippen LogP contribution is -2.45. The number of amides is 2. The molecule has 0 radical (unpaired) electrons. The van der Waals surface area contributed by atoms with Crippen molar-refractivity contribution in [2.45, 2.75) is 64.6 Å². The highest BCUT2D eigenvalue weighted by Crippen LogP contribution is 2.37. The van der Waals surface area contributed by atoms with Crippen LogP contribution in [0.5, 0.6) is 0 Å². The zero-order chi connectivity index (χ0) is 21.3. The summed E-state index contributed by atoms with van der Waals surface area (Å²) in [5.41, 5.74) is 1.46. The molecule has 1 atom stereocenters. The molecule has 8 heteroatoms. The van der Waals surface area contributed by atoms with E-state index in [1.807, 2.05) is 4.57 Å². The Morgan fingerprint density at radius 2 is 2.07 bits per heavy atom. The summed E-state index contributed by atoms with van der Waals surface area (Å²) in [5.74, 6) is 0.0870. The minimum Gasteiger partial charge on any atom is -0.444 e. The maximum atomic E-state index is 12.8. The van der Waals surface area contributed by atoms with Crippen molar-refractivity contribution in [1.29, 1.82) is 5.26 Å². The predicted molar refractivity (Wildman–Crippen MR) is 109 cm³/mol. The molecule has 1 heterocycles. The number of nitrogens with one attached hydrogen (secondary N) is 1. The summed E-state index contributed by atoms with van der Waals surface area (Å²) in [6, 6.07) is 6.94. The summed E-state index contributed by atoms with van der Waals surface area (Å²) >= 11 is 0. The molecule has 1 N–H and O–H groups in total. The molecule has 29 heavy (non-hydrogen) atoms. The van der Waals surface area contributed by atoms with Crippen LogP contribution in [0.3, 0.4) is 0 Å². The molecule has 1 fully saturated rings. The molecule has 1 saturated carbocycles. The van der Waals surface area contributed by atoms with E-state index in [0.29, 0.717) is 11.5 Å². The maximum absolute atomic E-state index is 12.8. The molecule has 1 aliphatic rings. The van der Waals surface area contributed by atoms with Gasteiger partial charge in [0, 0.05) is 13.1 Å². The van der Waals surface area contributed by atoms with Crippen LogP contribution in [-0.4, -0.2) is 45.1 Å². The maximum Gasteiger partial charge on any atom is 0.410 e. The first-order valence-corrected chi connectivity index (χ1v) is 9.79. The SMILES string of the molecule is CC(C(=O)Nc1nc2ccc(C#N)cc2n1C1CCC1)N(C)C(=O)OC(C)(C)C. The van der Waals surface area contributed by atoms with Crippen LogP contribution < -0.4 is 5.32 Å². The third-order valence-electron chi connectivity index (χ3n) is 5.14. The summed E-state index contributed by atoms with van der Waals surface area (Å²) in [5, 5.41) is 12.1. The van der Waals surface area contributed by atoms with Crippen molar-refractivity contribution in [1.82, 2.24) is 14.5 Å². The molecule has 3 rings (SSSR count). The number of imidazole rings is 1. The first-order valence-electron chi connectivity index (χ1n) is 9.79. The Labute approximate surface area is 170 Å². The molecule has 1 unspecified atom stereocenters. The van der Waals surface area contributed by atoms with Gasteiger partial charge in [-0.2, -0.15) is 5.26 Å². The third-order valence-corrected chi connectivity index (χ3v) is 5.14. The van der Waals surface area contributed by atoms with Crippen LogP contribution in [0.4, 0.5) is 10.7 Å². The predicted octanol–water partition coefficient (Wildman–Crippen LogP) is 3.83. The number of hydrogen-bond acceptors (Lipinski definition) is 5. The van der Waals surface area contributed by atoms with Crippen molar-refractivity contribution in [3.8, 4) is 6.07 Å². The number of benzene rings is 1. The monoisotopic (exact) mass is 397 g/mol. The van der Waals surface area contributed by atoms with Gasteiger partial charge >= 0.3 is 6.09 Å². The third kappa shape index (κ3) is 4.34. The van der Waals surface area contributed by atoms with Crippen LogP contribution in [0.1, 0.15) is 58.6 Å². The van der Waals surface area contributed by atoms with Crippen molar-refractivity contribution in [2.75, 3.05) is 12.4 Å². The van der Waals surface area contributed by atoms with Gasteiger partial charge in [-0.25, -0.2) is 9.78 Å². The number of carbonyl (C=O) groups is 2. The number of anilines is 1. The van der Waals surface area contributed by atoms with Gasteiger partial charge in [0.2, 0.25) is 11.9 Å². The molecule has 8 nitrogen and oxygen atoms in total. The van der Waals surface area contributed by atoms with Crippen molar-refractivity contribution < 1.29 is 14.3 Å². The Morgan fingerprint density at radius 3 is 2.62 bits per heavy atom. The van der Waals surface area contributed by atoms with Gasteiger partial charge in [-0.1, -0.05) is 0 Å². The van der Waals surface area contributed by atoms with Crippen LogP contribution in [0.25, 0.3) is 11.0 Å². The van der Waals surface area contributed by atoms with E-state index in [2.05, 4.69) is 16.4 Å². The zero-order valence-electron chi connectivity index (χ0n) is 17.5. The lowest BCUT2D eigenvalue weighted by atomic mass is 9.92. The second-order valence-electron chi connectivity index (χ2n) is 8.46. The molecule has 0 saturated heterocycles. The molecule has 2 amide bonds. The van der Waals surface area contributed by atoms with Crippen LogP contribution in [0.2, 0.25) is 0 Å². The van der Waals surface area contributed by atoms with E-state index < -0.39 is 17.7 Å². The largest absolute Gasteiger partial charge is 0.444 e. The fraction of sp³-hybridized carbons (Fsp3) is 0.524. The standard InChI is InChI=1S/C21H27N5O3/c1-13(25(5)20(28)29-21(2,3)4)18(27)24-19-23-16-10-9-14(12-22)11-17(16)26(19)15-7-6-8-15/h9-11,13,15H,6-8H2,1-5H3,(H,23,24,27). The highest BCUT2D eigenvalue weighted by molar-refractivity contribution is 5.96. The Kier molecular flexibility index (Phi) is 5.51. The van der Waals surface area contributed by atoms with E-state index in [4.69, 9.17) is 4.74 Å². The minimum absolute atomic E-state index is 0.239. The number of nitrogens with zero attached hydrogens (tertiary/aromatic N) is 4. The molecule has 0 aliphatic heterocycles. The summed E-state index contributed by atoms with van der Waals surface area (Å²) < 4.78 is 7.34. The van der Waals surface area contributed by atoms with Gasteiger partial charge < -0.3 is 9.30 Å². The number of hydrogen-bond donors (Lipinski definition) is 1. The average molecular weight is 397 g/mol. The average Bonchev–Trinajstić information content (AvgIpc) is 2.94. The van der Waals surface area contributed by atoms with Gasteiger partial charge in [0.05, 0.1) is 22.7 Å². The molecule has 1 aliphatic carbocycles. The second-order valence-corrected chi connectivity index (χ2v) is 8.46. The Bertz CT molecular complexity index is 979. The highest BCUT2D eigenvalue weighted by Gasteiger charge is 2.30. The molecule has 1 aromatic heterocycles. The van der Waals surface area contributed by atoms with E-state index in [9.17, 15) is 14.9 Å². The van der Waals surface area contributed by atoms with Gasteiger partial charge in [-0.3, -0.25) is 15.0 Å². The highest BCUT2D eigenvalue weighted by atomic mass is 16.6. The van der Waals surface area contributed by atoms with Gasteiger partial charge in [-0.05, 0) is 65.2 Å². The van der Waals surface area contributed by atoms with Crippen molar-refractivity contribution in [3.63, 3.8) is 0 Å². The van der Waals surface area contributed by atoms with Crippen LogP contribution in [0.15, 0.2) is 18.2 Å². The molecular formula is C21H27N5O3. The van der Waals surface area contributed by atoms with Crippen LogP contribution >= 0.6 is 0 Å². The smallest absolute Gasteiger partial charge is 0.410 e. The molecule has 1 aromatic carbocycles. The van der Waals surface area contributed by atoms with E-state index in [0.717, 1.165) is 30.3 Å². The van der Waals surface area contributed by atoms with E-state index in [1.54, 1.807) is 45.9 Å². The van der Waals surface area contributed by atoms with Gasteiger partial charge in [0.25, 0.3) is 0 Å². The molecule has 0 bridgehead atoms. The normalized spacial score (nSPS) is 15.3. The minimum atomic E-state index is -0.742. The fourth-order valence-corrected chi connectivity index (χ4v) is 3.15. The quantitative estimate of drug-likeness (QED) is 0.845. The number of aromatic nitrogens is 2. The first-order chi connectivity index (χ1) is 13.6. The lowest BCUT2D eigenvalue weighted by molar-refractivity contribution is -0.120. The number of nitriles is 1. The zero-order valence-corrected chi connectivity index (χ0v) is 17.5. The Morgan fingerprint density at radius 1 is 1.38 bits per heavy atom. The summed E-state index contributed by atoms with van der Waals surface area (Å²) in [7, 11) is 1.53. The van der Waals surface area contributed by atoms with Gasteiger partial charge in [0.15, 0.2) is 0 Å². The van der Waals surface area contributed by atoms with Crippen LogP contribution in [-0.2, 0) is 9.53 Å². The van der Waals surface area contributed by atoms with Gasteiger partial charge in [0.1, 0.15) is 11.6 Å². The van der Waals surface area contributed by atoms with E-state index in [-0.39, 0.29) is 11.9 Å². The first kappa shape index (κ1) is 20.6. The van der Waals surface area contributed by atoms with Gasteiger partial charge in [-0.15, -0.1) is 0 Å². The topological polar surface area (TPSA) is 100 Å². The number of rotatable bonds is 4. The van der Waals surface area contributed by atoms with Crippen molar-refractivity contribution in [2.24, 2.45) is 0 Å². The van der Waals surface area contributed by atoms with Crippen LogP contribution in [0, 0.1) is 11.3 Å². The Hall–Kier alpha value is -3.08. The second kappa shape index (κ2) is 7.74. The number of ether oxygens (including phenoxy) is 1. The number of carbonyl (C=O) groups excluding carboxylic acids is 2. The number of fused-ring (bicyclic) bond motifs is 1. The summed E-state index contributed by atoms with van der Waals surface area (Å²) in [6.45, 7) is 6.98.